The summed E-state index contributed by atoms with van der Waals surface area (Å²) < 4.78 is 12.4. The quantitative estimate of drug-likeness (QED) is 0.266. The number of ether oxygens (including phenoxy) is 2. The Morgan fingerprint density at radius 2 is 1.65 bits per heavy atom. The molecule has 0 radical (unpaired) electrons. The van der Waals surface area contributed by atoms with E-state index in [0.29, 0.717) is 33.6 Å². The van der Waals surface area contributed by atoms with Crippen molar-refractivity contribution in [3.8, 4) is 17.2 Å². The van der Waals surface area contributed by atoms with Gasteiger partial charge in [0.25, 0.3) is 5.91 Å². The van der Waals surface area contributed by atoms with Gasteiger partial charge in [0.2, 0.25) is 5.91 Å². The summed E-state index contributed by atoms with van der Waals surface area (Å²) in [5.74, 6) is 0.633. The van der Waals surface area contributed by atoms with Crippen LogP contribution in [0, 0.1) is 0 Å². The van der Waals surface area contributed by atoms with Crippen LogP contribution in [0.3, 0.4) is 0 Å². The first kappa shape index (κ1) is 28.7. The Kier molecular flexibility index (Phi) is 8.80. The predicted octanol–water partition coefficient (Wildman–Crippen LogP) is 6.12. The maximum absolute atomic E-state index is 13.8. The van der Waals surface area contributed by atoms with Crippen LogP contribution >= 0.6 is 11.6 Å². The minimum Gasteiger partial charge on any atom is -0.497 e. The van der Waals surface area contributed by atoms with E-state index in [1.165, 1.54) is 12.0 Å². The molecule has 0 atom stereocenters. The van der Waals surface area contributed by atoms with Crippen LogP contribution in [0.1, 0.15) is 42.4 Å². The summed E-state index contributed by atoms with van der Waals surface area (Å²) in [7, 11) is 3.03. The topological polar surface area (TPSA) is 85.7 Å². The van der Waals surface area contributed by atoms with Crippen molar-refractivity contribution >= 4 is 29.2 Å². The van der Waals surface area contributed by atoms with E-state index in [1.807, 2.05) is 75.4 Å². The number of hydrogen-bond acceptors (Lipinski definition) is 5. The smallest absolute Gasteiger partial charge is 0.258 e. The number of amides is 2. The van der Waals surface area contributed by atoms with Gasteiger partial charge in [0.1, 0.15) is 23.9 Å². The van der Waals surface area contributed by atoms with Crippen molar-refractivity contribution in [2.24, 2.45) is 0 Å². The molecule has 1 aromatic heterocycles. The third kappa shape index (κ3) is 6.63. The van der Waals surface area contributed by atoms with Gasteiger partial charge in [-0.05, 0) is 29.8 Å². The molecule has 0 unspecified atom stereocenters. The van der Waals surface area contributed by atoms with Crippen molar-refractivity contribution < 1.29 is 19.1 Å². The first-order valence-electron chi connectivity index (χ1n) is 12.8. The van der Waals surface area contributed by atoms with Crippen molar-refractivity contribution in [1.29, 1.82) is 0 Å². The van der Waals surface area contributed by atoms with E-state index in [9.17, 15) is 9.59 Å². The molecule has 0 fully saturated rings. The summed E-state index contributed by atoms with van der Waals surface area (Å²) in [6.07, 6.45) is 0. The maximum Gasteiger partial charge on any atom is 0.258 e. The summed E-state index contributed by atoms with van der Waals surface area (Å²) in [6, 6.07) is 23.6. The molecule has 208 valence electrons. The molecule has 0 saturated carbocycles. The lowest BCUT2D eigenvalue weighted by Gasteiger charge is -2.23. The van der Waals surface area contributed by atoms with Crippen LogP contribution in [0.4, 0.5) is 5.82 Å². The zero-order valence-electron chi connectivity index (χ0n) is 23.3. The van der Waals surface area contributed by atoms with E-state index in [1.54, 1.807) is 36.1 Å². The zero-order valence-corrected chi connectivity index (χ0v) is 24.0. The van der Waals surface area contributed by atoms with Crippen molar-refractivity contribution in [2.45, 2.75) is 32.7 Å². The molecule has 0 aliphatic carbocycles. The monoisotopic (exact) mass is 560 g/mol. The SMILES string of the molecule is COc1ccc(C(=O)N(CC(=O)Nc2cc(C(C)(C)C)nn2-c2ccccc2Cl)Cc2ccccc2)c(OC)c1. The molecular weight excluding hydrogens is 528 g/mol. The Morgan fingerprint density at radius 1 is 0.950 bits per heavy atom. The second-order valence-electron chi connectivity index (χ2n) is 10.3. The van der Waals surface area contributed by atoms with E-state index in [-0.39, 0.29) is 30.3 Å². The number of carbonyl (C=O) groups excluding carboxylic acids is 2. The second kappa shape index (κ2) is 12.3. The number of aromatic nitrogens is 2. The largest absolute Gasteiger partial charge is 0.497 e. The lowest BCUT2D eigenvalue weighted by atomic mass is 9.92. The number of nitrogens with zero attached hydrogens (tertiary/aromatic N) is 3. The second-order valence-corrected chi connectivity index (χ2v) is 10.7. The molecule has 40 heavy (non-hydrogen) atoms. The van der Waals surface area contributed by atoms with E-state index in [0.717, 1.165) is 11.3 Å². The summed E-state index contributed by atoms with van der Waals surface area (Å²) in [5, 5.41) is 8.19. The number of benzene rings is 3. The van der Waals surface area contributed by atoms with Crippen LogP contribution in [-0.2, 0) is 16.8 Å². The lowest BCUT2D eigenvalue weighted by Crippen LogP contribution is -2.38. The van der Waals surface area contributed by atoms with Crippen LogP contribution in [0.5, 0.6) is 11.5 Å². The molecule has 1 N–H and O–H groups in total. The first-order chi connectivity index (χ1) is 19.1. The fourth-order valence-electron chi connectivity index (χ4n) is 4.15. The summed E-state index contributed by atoms with van der Waals surface area (Å²) >= 11 is 6.48. The number of anilines is 1. The van der Waals surface area contributed by atoms with E-state index in [4.69, 9.17) is 26.2 Å². The molecule has 1 heterocycles. The van der Waals surface area contributed by atoms with Crippen molar-refractivity contribution in [2.75, 3.05) is 26.1 Å². The van der Waals surface area contributed by atoms with Crippen LogP contribution in [0.15, 0.2) is 78.9 Å². The molecule has 0 saturated heterocycles. The molecule has 3 aromatic carbocycles. The zero-order chi connectivity index (χ0) is 28.9. The number of halogens is 1. The number of nitrogens with one attached hydrogen (secondary N) is 1. The van der Waals surface area contributed by atoms with Gasteiger partial charge in [0.05, 0.1) is 36.2 Å². The number of methoxy groups -OCH3 is 2. The fraction of sp³-hybridized carbons (Fsp3) is 0.258. The standard InChI is InChI=1S/C31H33ClN4O4/c1-31(2,3)27-18-28(36(34-27)25-14-10-9-13-24(25)32)33-29(37)20-35(19-21-11-7-6-8-12-21)30(38)23-16-15-22(39-4)17-26(23)40-5/h6-18H,19-20H2,1-5H3,(H,33,37). The van der Waals surface area contributed by atoms with Gasteiger partial charge in [0.15, 0.2) is 0 Å². The summed E-state index contributed by atoms with van der Waals surface area (Å²) in [5.41, 5.74) is 2.35. The minimum absolute atomic E-state index is 0.207. The van der Waals surface area contributed by atoms with Gasteiger partial charge in [-0.2, -0.15) is 5.10 Å². The highest BCUT2D eigenvalue weighted by Crippen LogP contribution is 2.30. The van der Waals surface area contributed by atoms with Crippen molar-refractivity contribution in [1.82, 2.24) is 14.7 Å². The van der Waals surface area contributed by atoms with Crippen LogP contribution in [-0.4, -0.2) is 47.3 Å². The third-order valence-electron chi connectivity index (χ3n) is 6.30. The molecule has 0 bridgehead atoms. The van der Waals surface area contributed by atoms with Crippen LogP contribution < -0.4 is 14.8 Å². The Bertz CT molecular complexity index is 1490. The Labute approximate surface area is 239 Å². The number of carbonyl (C=O) groups is 2. The van der Waals surface area contributed by atoms with Crippen LogP contribution in [0.25, 0.3) is 5.69 Å². The highest BCUT2D eigenvalue weighted by Gasteiger charge is 2.26. The van der Waals surface area contributed by atoms with Crippen molar-refractivity contribution in [3.05, 3.63) is 101 Å². The van der Waals surface area contributed by atoms with Gasteiger partial charge in [0, 0.05) is 24.1 Å². The van der Waals surface area contributed by atoms with E-state index >= 15 is 0 Å². The highest BCUT2D eigenvalue weighted by molar-refractivity contribution is 6.32. The van der Waals surface area contributed by atoms with Crippen molar-refractivity contribution in [3.63, 3.8) is 0 Å². The number of hydrogen-bond donors (Lipinski definition) is 1. The fourth-order valence-corrected chi connectivity index (χ4v) is 4.36. The predicted molar refractivity (Wildman–Crippen MR) is 157 cm³/mol. The Morgan fingerprint density at radius 3 is 2.30 bits per heavy atom. The van der Waals surface area contributed by atoms with Gasteiger partial charge in [-0.15, -0.1) is 0 Å². The molecule has 4 rings (SSSR count). The lowest BCUT2D eigenvalue weighted by molar-refractivity contribution is -0.117. The van der Waals surface area contributed by atoms with Gasteiger partial charge < -0.3 is 19.7 Å². The molecule has 0 spiro atoms. The molecule has 4 aromatic rings. The van der Waals surface area contributed by atoms with Gasteiger partial charge in [-0.25, -0.2) is 4.68 Å². The van der Waals surface area contributed by atoms with Gasteiger partial charge in [-0.3, -0.25) is 9.59 Å². The molecule has 2 amide bonds. The average Bonchev–Trinajstić information content (AvgIpc) is 3.36. The molecule has 0 aliphatic heterocycles. The van der Waals surface area contributed by atoms with Gasteiger partial charge >= 0.3 is 0 Å². The highest BCUT2D eigenvalue weighted by atomic mass is 35.5. The number of rotatable bonds is 9. The maximum atomic E-state index is 13.8. The van der Waals surface area contributed by atoms with Crippen LogP contribution in [0.2, 0.25) is 5.02 Å². The average molecular weight is 561 g/mol. The Hall–Kier alpha value is -4.30. The molecule has 8 nitrogen and oxygen atoms in total. The van der Waals surface area contributed by atoms with E-state index < -0.39 is 0 Å². The molecular formula is C31H33ClN4O4. The Balaban J connectivity index is 1.66. The third-order valence-corrected chi connectivity index (χ3v) is 6.62. The molecule has 9 heteroatoms. The normalized spacial score (nSPS) is 11.2. The van der Waals surface area contributed by atoms with Gasteiger partial charge in [-0.1, -0.05) is 74.8 Å². The number of para-hydroxylation sites is 1. The summed E-state index contributed by atoms with van der Waals surface area (Å²) in [4.78, 5) is 28.8. The summed E-state index contributed by atoms with van der Waals surface area (Å²) in [6.45, 7) is 6.14. The van der Waals surface area contributed by atoms with E-state index in [2.05, 4.69) is 5.32 Å². The molecule has 0 aliphatic rings. The minimum atomic E-state index is -0.384. The first-order valence-corrected chi connectivity index (χ1v) is 13.2.